The summed E-state index contributed by atoms with van der Waals surface area (Å²) >= 11 is 11.5. The van der Waals surface area contributed by atoms with Crippen LogP contribution in [-0.4, -0.2) is 11.0 Å². The molecule has 7 heteroatoms. The zero-order valence-corrected chi connectivity index (χ0v) is 18.9. The van der Waals surface area contributed by atoms with E-state index in [4.69, 9.17) is 28.2 Å². The Hall–Kier alpha value is -3.48. The molecule has 0 radical (unpaired) electrons. The molecule has 4 rings (SSSR count). The van der Waals surface area contributed by atoms with E-state index in [1.807, 2.05) is 44.2 Å². The molecule has 32 heavy (non-hydrogen) atoms. The molecule has 5 nitrogen and oxygen atoms in total. The van der Waals surface area contributed by atoms with Gasteiger partial charge in [0.25, 0.3) is 5.91 Å². The maximum absolute atomic E-state index is 12.5. The highest BCUT2D eigenvalue weighted by Crippen LogP contribution is 2.26. The summed E-state index contributed by atoms with van der Waals surface area (Å²) in [6.45, 7) is 3.79. The summed E-state index contributed by atoms with van der Waals surface area (Å²) in [5, 5.41) is 6.98. The Labute approximate surface area is 195 Å². The molecule has 1 amide bonds. The standard InChI is InChI=1S/C25H19ClN2O3S/c1-14-7-10-18(20(26)11-14)23(29)28-25(32)27-21-13-16(9-8-15(21)2)19-12-17-5-3-4-6-22(17)31-24(19)30/h3-13H,1-2H3,(H2,27,28,29,32). The fourth-order valence-electron chi connectivity index (χ4n) is 3.32. The van der Waals surface area contributed by atoms with Crippen molar-refractivity contribution in [2.24, 2.45) is 0 Å². The number of rotatable bonds is 3. The van der Waals surface area contributed by atoms with Crippen LogP contribution in [0.4, 0.5) is 5.69 Å². The number of hydrogen-bond donors (Lipinski definition) is 2. The molecule has 0 atom stereocenters. The average molecular weight is 463 g/mol. The van der Waals surface area contributed by atoms with E-state index in [2.05, 4.69) is 10.6 Å². The van der Waals surface area contributed by atoms with E-state index in [0.29, 0.717) is 33.0 Å². The fraction of sp³-hybridized carbons (Fsp3) is 0.0800. The maximum atomic E-state index is 12.5. The summed E-state index contributed by atoms with van der Waals surface area (Å²) in [5.74, 6) is -0.406. The SMILES string of the molecule is Cc1ccc(C(=O)NC(=S)Nc2cc(-c3cc4ccccc4oc3=O)ccc2C)c(Cl)c1. The highest BCUT2D eigenvalue weighted by atomic mass is 35.5. The van der Waals surface area contributed by atoms with Crippen LogP contribution in [0.2, 0.25) is 5.02 Å². The average Bonchev–Trinajstić information content (AvgIpc) is 2.74. The second-order valence-corrected chi connectivity index (χ2v) is 8.22. The summed E-state index contributed by atoms with van der Waals surface area (Å²) < 4.78 is 5.45. The minimum atomic E-state index is -0.427. The molecule has 1 heterocycles. The molecule has 160 valence electrons. The van der Waals surface area contributed by atoms with Crippen LogP contribution in [0.1, 0.15) is 21.5 Å². The zero-order chi connectivity index (χ0) is 22.8. The Balaban J connectivity index is 1.58. The number of aryl methyl sites for hydroxylation is 2. The molecule has 0 saturated heterocycles. The number of anilines is 1. The Morgan fingerprint density at radius 1 is 1.00 bits per heavy atom. The first-order valence-corrected chi connectivity index (χ1v) is 10.6. The Morgan fingerprint density at radius 2 is 1.78 bits per heavy atom. The molecule has 0 bridgehead atoms. The van der Waals surface area contributed by atoms with Gasteiger partial charge >= 0.3 is 5.63 Å². The summed E-state index contributed by atoms with van der Waals surface area (Å²) in [5.41, 5.74) is 4.06. The van der Waals surface area contributed by atoms with Crippen LogP contribution in [0.15, 0.2) is 75.9 Å². The van der Waals surface area contributed by atoms with E-state index in [-0.39, 0.29) is 5.11 Å². The number of carbonyl (C=O) groups is 1. The number of para-hydroxylation sites is 1. The predicted molar refractivity (Wildman–Crippen MR) is 133 cm³/mol. The molecule has 0 aliphatic rings. The zero-order valence-electron chi connectivity index (χ0n) is 17.4. The van der Waals surface area contributed by atoms with Crippen molar-refractivity contribution in [2.75, 3.05) is 5.32 Å². The van der Waals surface area contributed by atoms with Gasteiger partial charge in [-0.05, 0) is 73.1 Å². The number of fused-ring (bicyclic) bond motifs is 1. The van der Waals surface area contributed by atoms with E-state index in [1.54, 1.807) is 36.4 Å². The lowest BCUT2D eigenvalue weighted by Crippen LogP contribution is -2.34. The lowest BCUT2D eigenvalue weighted by Gasteiger charge is -2.14. The lowest BCUT2D eigenvalue weighted by molar-refractivity contribution is 0.0978. The highest BCUT2D eigenvalue weighted by Gasteiger charge is 2.14. The van der Waals surface area contributed by atoms with Crippen molar-refractivity contribution in [2.45, 2.75) is 13.8 Å². The third kappa shape index (κ3) is 4.56. The molecule has 0 fully saturated rings. The number of nitrogens with one attached hydrogen (secondary N) is 2. The van der Waals surface area contributed by atoms with Crippen LogP contribution in [0.25, 0.3) is 22.1 Å². The van der Waals surface area contributed by atoms with Gasteiger partial charge in [-0.1, -0.05) is 48.0 Å². The first kappa shape index (κ1) is 21.7. The van der Waals surface area contributed by atoms with Gasteiger partial charge in [0.15, 0.2) is 5.11 Å². The molecular weight excluding hydrogens is 444 g/mol. The predicted octanol–water partition coefficient (Wildman–Crippen LogP) is 5.86. The Bertz CT molecular complexity index is 1430. The molecule has 1 aromatic heterocycles. The molecule has 0 unspecified atom stereocenters. The summed E-state index contributed by atoms with van der Waals surface area (Å²) in [7, 11) is 0. The molecule has 0 saturated carbocycles. The van der Waals surface area contributed by atoms with Crippen molar-refractivity contribution >= 4 is 51.5 Å². The van der Waals surface area contributed by atoms with Crippen molar-refractivity contribution in [3.8, 4) is 11.1 Å². The molecule has 3 aromatic carbocycles. The van der Waals surface area contributed by atoms with Gasteiger partial charge in [0.2, 0.25) is 0 Å². The number of hydrogen-bond acceptors (Lipinski definition) is 4. The highest BCUT2D eigenvalue weighted by molar-refractivity contribution is 7.80. The van der Waals surface area contributed by atoms with Crippen LogP contribution in [0.5, 0.6) is 0 Å². The normalized spacial score (nSPS) is 10.7. The van der Waals surface area contributed by atoms with Gasteiger partial charge in [0.05, 0.1) is 16.1 Å². The van der Waals surface area contributed by atoms with Gasteiger partial charge in [-0.25, -0.2) is 4.79 Å². The molecule has 0 aliphatic carbocycles. The monoisotopic (exact) mass is 462 g/mol. The van der Waals surface area contributed by atoms with Gasteiger partial charge < -0.3 is 9.73 Å². The van der Waals surface area contributed by atoms with Crippen molar-refractivity contribution in [1.82, 2.24) is 5.32 Å². The fourth-order valence-corrected chi connectivity index (χ4v) is 3.84. The van der Waals surface area contributed by atoms with E-state index >= 15 is 0 Å². The molecular formula is C25H19ClN2O3S. The molecule has 0 spiro atoms. The second kappa shape index (κ2) is 8.94. The second-order valence-electron chi connectivity index (χ2n) is 7.41. The third-order valence-corrected chi connectivity index (χ3v) is 5.55. The van der Waals surface area contributed by atoms with Crippen LogP contribution >= 0.6 is 23.8 Å². The smallest absolute Gasteiger partial charge is 0.344 e. The number of carbonyl (C=O) groups excluding carboxylic acids is 1. The number of benzene rings is 3. The van der Waals surface area contributed by atoms with E-state index in [1.165, 1.54) is 0 Å². The van der Waals surface area contributed by atoms with Crippen LogP contribution < -0.4 is 16.3 Å². The van der Waals surface area contributed by atoms with Crippen molar-refractivity contribution < 1.29 is 9.21 Å². The molecule has 4 aromatic rings. The summed E-state index contributed by atoms with van der Waals surface area (Å²) in [4.78, 5) is 25.1. The summed E-state index contributed by atoms with van der Waals surface area (Å²) in [6.07, 6.45) is 0. The Morgan fingerprint density at radius 3 is 2.56 bits per heavy atom. The van der Waals surface area contributed by atoms with Crippen molar-refractivity contribution in [3.63, 3.8) is 0 Å². The number of halogens is 1. The van der Waals surface area contributed by atoms with Gasteiger partial charge in [0.1, 0.15) is 5.58 Å². The van der Waals surface area contributed by atoms with Crippen LogP contribution in [0, 0.1) is 13.8 Å². The van der Waals surface area contributed by atoms with E-state index < -0.39 is 11.5 Å². The topological polar surface area (TPSA) is 71.3 Å². The minimum Gasteiger partial charge on any atom is -0.422 e. The van der Waals surface area contributed by atoms with Gasteiger partial charge in [-0.3, -0.25) is 10.1 Å². The first-order valence-electron chi connectivity index (χ1n) is 9.84. The van der Waals surface area contributed by atoms with Gasteiger partial charge in [-0.2, -0.15) is 0 Å². The van der Waals surface area contributed by atoms with Crippen LogP contribution in [-0.2, 0) is 0 Å². The quantitative estimate of drug-likeness (QED) is 0.295. The van der Waals surface area contributed by atoms with Gasteiger partial charge in [0, 0.05) is 11.1 Å². The maximum Gasteiger partial charge on any atom is 0.344 e. The third-order valence-electron chi connectivity index (χ3n) is 5.03. The minimum absolute atomic E-state index is 0.123. The molecule has 2 N–H and O–H groups in total. The van der Waals surface area contributed by atoms with E-state index in [9.17, 15) is 9.59 Å². The number of thiocarbonyl (C=S) groups is 1. The first-order chi connectivity index (χ1) is 15.3. The molecule has 0 aliphatic heterocycles. The van der Waals surface area contributed by atoms with Gasteiger partial charge in [-0.15, -0.1) is 0 Å². The number of amides is 1. The summed E-state index contributed by atoms with van der Waals surface area (Å²) in [6, 6.07) is 19.8. The van der Waals surface area contributed by atoms with Crippen LogP contribution in [0.3, 0.4) is 0 Å². The largest absolute Gasteiger partial charge is 0.422 e. The van der Waals surface area contributed by atoms with Crippen molar-refractivity contribution in [3.05, 3.63) is 98.9 Å². The van der Waals surface area contributed by atoms with E-state index in [0.717, 1.165) is 16.5 Å². The lowest BCUT2D eigenvalue weighted by atomic mass is 10.0. The Kier molecular flexibility index (Phi) is 6.08. The van der Waals surface area contributed by atoms with Crippen molar-refractivity contribution in [1.29, 1.82) is 0 Å².